The zero-order valence-corrected chi connectivity index (χ0v) is 15.8. The number of non-ortho nitro benzene ring substituents is 1. The summed E-state index contributed by atoms with van der Waals surface area (Å²) < 4.78 is 4.91. The van der Waals surface area contributed by atoms with Crippen LogP contribution in [0.15, 0.2) is 54.6 Å². The minimum atomic E-state index is -0.673. The van der Waals surface area contributed by atoms with Crippen molar-refractivity contribution in [1.82, 2.24) is 5.32 Å². The van der Waals surface area contributed by atoms with Gasteiger partial charge in [0.15, 0.2) is 6.61 Å². The molecule has 7 heteroatoms. The molecule has 28 heavy (non-hydrogen) atoms. The number of hydrogen-bond acceptors (Lipinski definition) is 5. The molecule has 0 aromatic heterocycles. The smallest absolute Gasteiger partial charge is 0.331 e. The van der Waals surface area contributed by atoms with Crippen LogP contribution >= 0.6 is 0 Å². The Morgan fingerprint density at radius 1 is 1.14 bits per heavy atom. The lowest BCUT2D eigenvalue weighted by atomic mass is 10.1. The molecule has 0 fully saturated rings. The highest BCUT2D eigenvalue weighted by atomic mass is 16.6. The molecule has 2 aromatic carbocycles. The van der Waals surface area contributed by atoms with Crippen LogP contribution in [0.2, 0.25) is 0 Å². The molecule has 0 aliphatic rings. The molecule has 0 bridgehead atoms. The molecule has 0 aliphatic carbocycles. The lowest BCUT2D eigenvalue weighted by Crippen LogP contribution is -2.30. The molecule has 0 unspecified atom stereocenters. The number of nitro groups is 1. The molecule has 0 spiro atoms. The molecule has 146 valence electrons. The predicted molar refractivity (Wildman–Crippen MR) is 105 cm³/mol. The van der Waals surface area contributed by atoms with Gasteiger partial charge in [-0.15, -0.1) is 0 Å². The third-order valence-corrected chi connectivity index (χ3v) is 4.13. The van der Waals surface area contributed by atoms with Crippen molar-refractivity contribution in [3.63, 3.8) is 0 Å². The van der Waals surface area contributed by atoms with E-state index in [0.29, 0.717) is 5.56 Å². The second-order valence-electron chi connectivity index (χ2n) is 6.17. The van der Waals surface area contributed by atoms with E-state index in [9.17, 15) is 19.7 Å². The third kappa shape index (κ3) is 6.35. The highest BCUT2D eigenvalue weighted by Gasteiger charge is 2.11. The minimum absolute atomic E-state index is 0.0325. The van der Waals surface area contributed by atoms with E-state index in [1.54, 1.807) is 0 Å². The maximum Gasteiger partial charge on any atom is 0.331 e. The number of nitrogens with one attached hydrogen (secondary N) is 1. The lowest BCUT2D eigenvalue weighted by molar-refractivity contribution is -0.384. The zero-order chi connectivity index (χ0) is 20.5. The Kier molecular flexibility index (Phi) is 7.45. The van der Waals surface area contributed by atoms with Crippen molar-refractivity contribution in [2.45, 2.75) is 26.3 Å². The Labute approximate surface area is 163 Å². The molecule has 0 aliphatic heterocycles. The van der Waals surface area contributed by atoms with Gasteiger partial charge in [0.2, 0.25) is 0 Å². The third-order valence-electron chi connectivity index (χ3n) is 4.13. The first-order valence-corrected chi connectivity index (χ1v) is 8.86. The van der Waals surface area contributed by atoms with Gasteiger partial charge in [0.25, 0.3) is 11.6 Å². The number of hydrogen-bond donors (Lipinski definition) is 1. The molecule has 1 amide bonds. The van der Waals surface area contributed by atoms with Gasteiger partial charge in [0, 0.05) is 18.2 Å². The van der Waals surface area contributed by atoms with E-state index in [1.807, 2.05) is 31.2 Å². The molecule has 0 saturated carbocycles. The van der Waals surface area contributed by atoms with Crippen molar-refractivity contribution in [3.05, 3.63) is 81.4 Å². The molecule has 0 heterocycles. The summed E-state index contributed by atoms with van der Waals surface area (Å²) in [5, 5.41) is 13.4. The van der Waals surface area contributed by atoms with Gasteiger partial charge in [-0.3, -0.25) is 14.9 Å². The Morgan fingerprint density at radius 3 is 2.36 bits per heavy atom. The maximum absolute atomic E-state index is 12.0. The summed E-state index contributed by atoms with van der Waals surface area (Å²) in [6.07, 6.45) is 3.58. The zero-order valence-electron chi connectivity index (χ0n) is 15.8. The Hall–Kier alpha value is -3.48. The standard InChI is InChI=1S/C21H22N2O5/c1-3-16-4-9-18(10-5-16)15(2)22-20(24)14-28-21(25)13-8-17-6-11-19(12-7-17)23(26)27/h4-13,15H,3,14H2,1-2H3,(H,22,24)/b13-8+/t15-/m1/s1. The topological polar surface area (TPSA) is 98.5 Å². The SMILES string of the molecule is CCc1ccc([C@@H](C)NC(=O)COC(=O)/C=C/c2ccc([N+](=O)[O-])cc2)cc1. The first-order chi connectivity index (χ1) is 13.4. The molecule has 2 aromatic rings. The monoisotopic (exact) mass is 382 g/mol. The van der Waals surface area contributed by atoms with Gasteiger partial charge in [-0.25, -0.2) is 4.79 Å². The van der Waals surface area contributed by atoms with Crippen LogP contribution in [0.3, 0.4) is 0 Å². The van der Waals surface area contributed by atoms with E-state index in [2.05, 4.69) is 12.2 Å². The van der Waals surface area contributed by atoms with Crippen molar-refractivity contribution < 1.29 is 19.2 Å². The number of nitro benzene ring substituents is 1. The van der Waals surface area contributed by atoms with Crippen LogP contribution in [-0.4, -0.2) is 23.4 Å². The number of benzene rings is 2. The van der Waals surface area contributed by atoms with Gasteiger partial charge in [-0.2, -0.15) is 0 Å². The van der Waals surface area contributed by atoms with Crippen molar-refractivity contribution in [2.75, 3.05) is 6.61 Å². The van der Waals surface area contributed by atoms with E-state index in [-0.39, 0.29) is 18.3 Å². The fraction of sp³-hybridized carbons (Fsp3) is 0.238. The number of rotatable bonds is 8. The van der Waals surface area contributed by atoms with Crippen molar-refractivity contribution in [1.29, 1.82) is 0 Å². The van der Waals surface area contributed by atoms with Crippen molar-refractivity contribution in [3.8, 4) is 0 Å². The van der Waals surface area contributed by atoms with Crippen LogP contribution in [0.5, 0.6) is 0 Å². The first kappa shape index (κ1) is 20.8. The van der Waals surface area contributed by atoms with Crippen LogP contribution in [0.4, 0.5) is 5.69 Å². The number of nitrogens with zero attached hydrogens (tertiary/aromatic N) is 1. The second kappa shape index (κ2) is 10.0. The molecule has 2 rings (SSSR count). The van der Waals surface area contributed by atoms with E-state index < -0.39 is 16.8 Å². The fourth-order valence-corrected chi connectivity index (χ4v) is 2.46. The number of carbonyl (C=O) groups is 2. The second-order valence-corrected chi connectivity index (χ2v) is 6.17. The number of carbonyl (C=O) groups excluding carboxylic acids is 2. The van der Waals surface area contributed by atoms with Gasteiger partial charge in [-0.05, 0) is 48.2 Å². The number of aryl methyl sites for hydroxylation is 1. The number of esters is 1. The average Bonchev–Trinajstić information content (AvgIpc) is 2.71. The Morgan fingerprint density at radius 2 is 1.79 bits per heavy atom. The van der Waals surface area contributed by atoms with Crippen LogP contribution < -0.4 is 5.32 Å². The fourth-order valence-electron chi connectivity index (χ4n) is 2.46. The van der Waals surface area contributed by atoms with Crippen LogP contribution in [0.1, 0.15) is 36.6 Å². The molecule has 1 N–H and O–H groups in total. The first-order valence-electron chi connectivity index (χ1n) is 8.86. The van der Waals surface area contributed by atoms with Gasteiger partial charge in [-0.1, -0.05) is 31.2 Å². The summed E-state index contributed by atoms with van der Waals surface area (Å²) in [5.41, 5.74) is 2.76. The molecule has 7 nitrogen and oxygen atoms in total. The van der Waals surface area contributed by atoms with E-state index in [0.717, 1.165) is 12.0 Å². The summed E-state index contributed by atoms with van der Waals surface area (Å²) in [6.45, 7) is 3.54. The number of ether oxygens (including phenoxy) is 1. The summed E-state index contributed by atoms with van der Waals surface area (Å²) in [4.78, 5) is 33.8. The largest absolute Gasteiger partial charge is 0.452 e. The molecular formula is C21H22N2O5. The highest BCUT2D eigenvalue weighted by Crippen LogP contribution is 2.14. The summed E-state index contributed by atoms with van der Waals surface area (Å²) in [7, 11) is 0. The van der Waals surface area contributed by atoms with Crippen molar-refractivity contribution in [2.24, 2.45) is 0 Å². The van der Waals surface area contributed by atoms with Crippen LogP contribution in [-0.2, 0) is 20.7 Å². The number of amides is 1. The normalized spacial score (nSPS) is 11.8. The lowest BCUT2D eigenvalue weighted by Gasteiger charge is -2.14. The van der Waals surface area contributed by atoms with Gasteiger partial charge in [0.05, 0.1) is 11.0 Å². The van der Waals surface area contributed by atoms with E-state index in [1.165, 1.54) is 42.0 Å². The molecule has 0 radical (unpaired) electrons. The average molecular weight is 382 g/mol. The van der Waals surface area contributed by atoms with Gasteiger partial charge < -0.3 is 10.1 Å². The molecule has 0 saturated heterocycles. The van der Waals surface area contributed by atoms with E-state index in [4.69, 9.17) is 4.74 Å². The molecule has 1 atom stereocenters. The highest BCUT2D eigenvalue weighted by molar-refractivity contribution is 5.89. The van der Waals surface area contributed by atoms with E-state index >= 15 is 0 Å². The summed E-state index contributed by atoms with van der Waals surface area (Å²) >= 11 is 0. The quantitative estimate of drug-likeness (QED) is 0.326. The Balaban J connectivity index is 1.79. The van der Waals surface area contributed by atoms with Crippen LogP contribution in [0.25, 0.3) is 6.08 Å². The summed E-state index contributed by atoms with van der Waals surface area (Å²) in [6, 6.07) is 13.5. The molecular weight excluding hydrogens is 360 g/mol. The van der Waals surface area contributed by atoms with Gasteiger partial charge >= 0.3 is 5.97 Å². The predicted octanol–water partition coefficient (Wildman–Crippen LogP) is 3.59. The van der Waals surface area contributed by atoms with Crippen molar-refractivity contribution >= 4 is 23.6 Å². The maximum atomic E-state index is 12.0. The minimum Gasteiger partial charge on any atom is -0.452 e. The Bertz CT molecular complexity index is 857. The van der Waals surface area contributed by atoms with Gasteiger partial charge in [0.1, 0.15) is 0 Å². The summed E-state index contributed by atoms with van der Waals surface area (Å²) in [5.74, 6) is -1.07. The van der Waals surface area contributed by atoms with Crippen LogP contribution in [0, 0.1) is 10.1 Å².